The minimum Gasteiger partial charge on any atom is -0.453 e. The van der Waals surface area contributed by atoms with E-state index in [0.29, 0.717) is 13.0 Å². The minimum absolute atomic E-state index is 0.0310. The van der Waals surface area contributed by atoms with Gasteiger partial charge in [0.1, 0.15) is 6.04 Å². The van der Waals surface area contributed by atoms with Crippen LogP contribution in [-0.4, -0.2) is 36.6 Å². The molecule has 0 spiro atoms. The van der Waals surface area contributed by atoms with Crippen LogP contribution in [0.3, 0.4) is 0 Å². The average molecular weight is 312 g/mol. The number of nitrogens with zero attached hydrogens (tertiary/aromatic N) is 1. The van der Waals surface area contributed by atoms with Crippen LogP contribution < -0.4 is 5.32 Å². The van der Waals surface area contributed by atoms with Gasteiger partial charge in [-0.05, 0) is 35.7 Å². The highest BCUT2D eigenvalue weighted by Crippen LogP contribution is 2.28. The summed E-state index contributed by atoms with van der Waals surface area (Å²) in [5.74, 6) is -0.0592. The molecule has 0 aromatic heterocycles. The van der Waals surface area contributed by atoms with E-state index in [1.165, 1.54) is 12.5 Å². The fourth-order valence-electron chi connectivity index (χ4n) is 3.07. The quantitative estimate of drug-likeness (QED) is 0.948. The van der Waals surface area contributed by atoms with Crippen molar-refractivity contribution in [3.8, 4) is 0 Å². The standard InChI is InChI=1S/C18H20N2O3/c1-12(14-8-7-13-5-3-4-6-15(13)11-14)20-10-9-16(17(20)21)19-18(22)23-2/h3-8,11-12,16H,9-10H2,1-2H3,(H,19,22)/t12-,16+/m1/s1. The molecule has 23 heavy (non-hydrogen) atoms. The number of likely N-dealkylation sites (tertiary alicyclic amines) is 1. The number of carbonyl (C=O) groups excluding carboxylic acids is 2. The number of ether oxygens (including phenoxy) is 1. The van der Waals surface area contributed by atoms with Gasteiger partial charge in [0.2, 0.25) is 5.91 Å². The monoisotopic (exact) mass is 312 g/mol. The summed E-state index contributed by atoms with van der Waals surface area (Å²) < 4.78 is 4.57. The van der Waals surface area contributed by atoms with Crippen LogP contribution >= 0.6 is 0 Å². The van der Waals surface area contributed by atoms with Gasteiger partial charge in [0.25, 0.3) is 0 Å². The van der Waals surface area contributed by atoms with Crippen molar-refractivity contribution in [1.29, 1.82) is 0 Å². The molecule has 5 heteroatoms. The zero-order valence-electron chi connectivity index (χ0n) is 13.3. The molecule has 2 atom stereocenters. The molecule has 2 aromatic rings. The van der Waals surface area contributed by atoms with E-state index in [-0.39, 0.29) is 11.9 Å². The maximum absolute atomic E-state index is 12.5. The lowest BCUT2D eigenvalue weighted by Crippen LogP contribution is -2.42. The lowest BCUT2D eigenvalue weighted by Gasteiger charge is -2.25. The third-order valence-electron chi connectivity index (χ3n) is 4.44. The SMILES string of the molecule is COC(=O)N[C@H]1CCN([C@H](C)c2ccc3ccccc3c2)C1=O. The smallest absolute Gasteiger partial charge is 0.407 e. The Balaban J connectivity index is 1.78. The highest BCUT2D eigenvalue weighted by Gasteiger charge is 2.35. The van der Waals surface area contributed by atoms with Crippen molar-refractivity contribution < 1.29 is 14.3 Å². The number of hydrogen-bond acceptors (Lipinski definition) is 3. The lowest BCUT2D eigenvalue weighted by atomic mass is 10.0. The molecule has 1 fully saturated rings. The first-order valence-electron chi connectivity index (χ1n) is 7.74. The third-order valence-corrected chi connectivity index (χ3v) is 4.44. The van der Waals surface area contributed by atoms with Crippen molar-refractivity contribution in [3.05, 3.63) is 48.0 Å². The summed E-state index contributed by atoms with van der Waals surface area (Å²) in [5.41, 5.74) is 1.09. The van der Waals surface area contributed by atoms with Gasteiger partial charge in [-0.15, -0.1) is 0 Å². The van der Waals surface area contributed by atoms with Gasteiger partial charge in [0.15, 0.2) is 0 Å². The Morgan fingerprint density at radius 1 is 1.26 bits per heavy atom. The second kappa shape index (κ2) is 6.28. The van der Waals surface area contributed by atoms with Gasteiger partial charge in [-0.2, -0.15) is 0 Å². The van der Waals surface area contributed by atoms with E-state index in [4.69, 9.17) is 0 Å². The number of carbonyl (C=O) groups is 2. The molecule has 5 nitrogen and oxygen atoms in total. The zero-order chi connectivity index (χ0) is 16.4. The maximum Gasteiger partial charge on any atom is 0.407 e. The van der Waals surface area contributed by atoms with Crippen LogP contribution in [0.2, 0.25) is 0 Å². The summed E-state index contributed by atoms with van der Waals surface area (Å²) in [7, 11) is 1.30. The minimum atomic E-state index is -0.566. The largest absolute Gasteiger partial charge is 0.453 e. The molecule has 2 aromatic carbocycles. The highest BCUT2D eigenvalue weighted by molar-refractivity contribution is 5.88. The molecule has 1 N–H and O–H groups in total. The Morgan fingerprint density at radius 2 is 2.00 bits per heavy atom. The van der Waals surface area contributed by atoms with Gasteiger partial charge in [-0.1, -0.05) is 36.4 Å². The van der Waals surface area contributed by atoms with E-state index >= 15 is 0 Å². The Hall–Kier alpha value is -2.56. The number of amides is 2. The molecule has 0 unspecified atom stereocenters. The Morgan fingerprint density at radius 3 is 2.74 bits per heavy atom. The highest BCUT2D eigenvalue weighted by atomic mass is 16.5. The Labute approximate surface area is 135 Å². The van der Waals surface area contributed by atoms with E-state index in [1.807, 2.05) is 24.0 Å². The summed E-state index contributed by atoms with van der Waals surface area (Å²) >= 11 is 0. The summed E-state index contributed by atoms with van der Waals surface area (Å²) in [4.78, 5) is 25.6. The number of hydrogen-bond donors (Lipinski definition) is 1. The molecule has 1 aliphatic heterocycles. The number of fused-ring (bicyclic) bond motifs is 1. The van der Waals surface area contributed by atoms with Crippen LogP contribution in [0.15, 0.2) is 42.5 Å². The second-order valence-electron chi connectivity index (χ2n) is 5.79. The van der Waals surface area contributed by atoms with Gasteiger partial charge >= 0.3 is 6.09 Å². The van der Waals surface area contributed by atoms with Crippen LogP contribution in [-0.2, 0) is 9.53 Å². The van der Waals surface area contributed by atoms with E-state index in [0.717, 1.165) is 10.9 Å². The molecule has 0 bridgehead atoms. The molecule has 0 radical (unpaired) electrons. The topological polar surface area (TPSA) is 58.6 Å². The van der Waals surface area contributed by atoms with Gasteiger partial charge in [0.05, 0.1) is 13.2 Å². The molecule has 1 saturated heterocycles. The van der Waals surface area contributed by atoms with Gasteiger partial charge in [0, 0.05) is 6.54 Å². The Bertz CT molecular complexity index is 744. The predicted octanol–water partition coefficient (Wildman–Crippen LogP) is 2.86. The first-order chi connectivity index (χ1) is 11.1. The molecular weight excluding hydrogens is 292 g/mol. The molecule has 1 aliphatic rings. The zero-order valence-corrected chi connectivity index (χ0v) is 13.3. The van der Waals surface area contributed by atoms with E-state index in [9.17, 15) is 9.59 Å². The molecule has 2 amide bonds. The summed E-state index contributed by atoms with van der Waals surface area (Å²) in [6.45, 7) is 2.64. The number of rotatable bonds is 3. The second-order valence-corrected chi connectivity index (χ2v) is 5.79. The molecule has 120 valence electrons. The third kappa shape index (κ3) is 2.99. The van der Waals surface area contributed by atoms with Gasteiger partial charge < -0.3 is 15.0 Å². The first kappa shape index (κ1) is 15.3. The van der Waals surface area contributed by atoms with Gasteiger partial charge in [-0.25, -0.2) is 4.79 Å². The number of nitrogens with one attached hydrogen (secondary N) is 1. The van der Waals surface area contributed by atoms with Crippen molar-refractivity contribution in [2.75, 3.05) is 13.7 Å². The molecular formula is C18H20N2O3. The predicted molar refractivity (Wildman–Crippen MR) is 88.0 cm³/mol. The van der Waals surface area contributed by atoms with Crippen molar-refractivity contribution in [2.45, 2.75) is 25.4 Å². The lowest BCUT2D eigenvalue weighted by molar-refractivity contribution is -0.131. The van der Waals surface area contributed by atoms with Crippen LogP contribution in [0.5, 0.6) is 0 Å². The van der Waals surface area contributed by atoms with Crippen LogP contribution in [0.1, 0.15) is 24.9 Å². The molecule has 3 rings (SSSR count). The van der Waals surface area contributed by atoms with Crippen molar-refractivity contribution in [2.24, 2.45) is 0 Å². The maximum atomic E-state index is 12.5. The summed E-state index contributed by atoms with van der Waals surface area (Å²) in [6.07, 6.45) is 0.0369. The van der Waals surface area contributed by atoms with Crippen LogP contribution in [0, 0.1) is 0 Å². The van der Waals surface area contributed by atoms with E-state index in [2.05, 4.69) is 40.4 Å². The van der Waals surface area contributed by atoms with Crippen molar-refractivity contribution >= 4 is 22.8 Å². The number of benzene rings is 2. The van der Waals surface area contributed by atoms with Crippen LogP contribution in [0.25, 0.3) is 10.8 Å². The fraction of sp³-hybridized carbons (Fsp3) is 0.333. The molecule has 0 saturated carbocycles. The Kier molecular flexibility index (Phi) is 4.19. The summed E-state index contributed by atoms with van der Waals surface area (Å²) in [6, 6.07) is 13.9. The fourth-order valence-corrected chi connectivity index (χ4v) is 3.07. The van der Waals surface area contributed by atoms with Gasteiger partial charge in [-0.3, -0.25) is 4.79 Å². The van der Waals surface area contributed by atoms with Crippen molar-refractivity contribution in [3.63, 3.8) is 0 Å². The molecule has 1 heterocycles. The normalized spacial score (nSPS) is 19.0. The first-order valence-corrected chi connectivity index (χ1v) is 7.74. The average Bonchev–Trinajstić information content (AvgIpc) is 2.94. The number of methoxy groups -OCH3 is 1. The van der Waals surface area contributed by atoms with E-state index < -0.39 is 12.1 Å². The van der Waals surface area contributed by atoms with Crippen molar-refractivity contribution in [1.82, 2.24) is 10.2 Å². The number of alkyl carbamates (subject to hydrolysis) is 1. The summed E-state index contributed by atoms with van der Waals surface area (Å²) in [5, 5.41) is 4.93. The van der Waals surface area contributed by atoms with Crippen LogP contribution in [0.4, 0.5) is 4.79 Å². The van der Waals surface area contributed by atoms with E-state index in [1.54, 1.807) is 0 Å². The molecule has 0 aliphatic carbocycles.